The van der Waals surface area contributed by atoms with Crippen LogP contribution in [-0.4, -0.2) is 19.9 Å². The van der Waals surface area contributed by atoms with Gasteiger partial charge in [-0.15, -0.1) is 11.3 Å². The number of aliphatic hydroxyl groups excluding tert-OH is 1. The number of hydrogen-bond donors (Lipinski definition) is 1. The quantitative estimate of drug-likeness (QED) is 0.623. The number of nitrogens with zero attached hydrogens (tertiary/aromatic N) is 3. The first kappa shape index (κ1) is 14.1. The van der Waals surface area contributed by atoms with E-state index in [-0.39, 0.29) is 6.61 Å². The lowest BCUT2D eigenvalue weighted by Crippen LogP contribution is -2.01. The van der Waals surface area contributed by atoms with E-state index in [9.17, 15) is 5.11 Å². The van der Waals surface area contributed by atoms with E-state index in [1.165, 1.54) is 16.9 Å². The molecule has 4 aromatic rings. The van der Waals surface area contributed by atoms with Gasteiger partial charge in [0.15, 0.2) is 0 Å². The highest BCUT2D eigenvalue weighted by molar-refractivity contribution is 7.13. The molecule has 23 heavy (non-hydrogen) atoms. The fraction of sp³-hybridized carbons (Fsp3) is 0.111. The van der Waals surface area contributed by atoms with Gasteiger partial charge in [0.05, 0.1) is 24.4 Å². The second-order valence-corrected chi connectivity index (χ2v) is 6.17. The normalized spacial score (nSPS) is 11.2. The fourth-order valence-electron chi connectivity index (χ4n) is 2.65. The molecule has 2 heterocycles. The van der Waals surface area contributed by atoms with Crippen molar-refractivity contribution < 1.29 is 5.11 Å². The summed E-state index contributed by atoms with van der Waals surface area (Å²) in [5, 5.41) is 17.8. The summed E-state index contributed by atoms with van der Waals surface area (Å²) in [6.07, 6.45) is 0. The summed E-state index contributed by atoms with van der Waals surface area (Å²) < 4.78 is 2.01. The molecule has 114 valence electrons. The third kappa shape index (κ3) is 2.65. The number of hydrogen-bond acceptors (Lipinski definition) is 4. The molecule has 0 amide bonds. The predicted molar refractivity (Wildman–Crippen MR) is 92.3 cm³/mol. The Hall–Kier alpha value is -2.50. The van der Waals surface area contributed by atoms with E-state index in [1.807, 2.05) is 40.4 Å². The Morgan fingerprint density at radius 3 is 2.57 bits per heavy atom. The molecule has 0 aliphatic rings. The molecule has 2 aromatic carbocycles. The van der Waals surface area contributed by atoms with Gasteiger partial charge >= 0.3 is 0 Å². The van der Waals surface area contributed by atoms with Crippen molar-refractivity contribution in [3.05, 3.63) is 71.2 Å². The smallest absolute Gasteiger partial charge is 0.144 e. The van der Waals surface area contributed by atoms with E-state index in [0.29, 0.717) is 5.69 Å². The van der Waals surface area contributed by atoms with Crippen molar-refractivity contribution in [3.63, 3.8) is 0 Å². The summed E-state index contributed by atoms with van der Waals surface area (Å²) >= 11 is 1.51. The van der Waals surface area contributed by atoms with E-state index >= 15 is 0 Å². The minimum atomic E-state index is -0.0425. The Balaban J connectivity index is 1.83. The molecule has 0 aliphatic heterocycles. The van der Waals surface area contributed by atoms with Crippen LogP contribution >= 0.6 is 11.3 Å². The SMILES string of the molecule is OCc1csc(-c2nn(Cc3ccccc3)c3ccccc23)n1. The fourth-order valence-corrected chi connectivity index (χ4v) is 3.46. The first-order valence-electron chi connectivity index (χ1n) is 7.40. The van der Waals surface area contributed by atoms with E-state index in [4.69, 9.17) is 5.10 Å². The highest BCUT2D eigenvalue weighted by atomic mass is 32.1. The maximum Gasteiger partial charge on any atom is 0.144 e. The van der Waals surface area contributed by atoms with Crippen LogP contribution in [0.3, 0.4) is 0 Å². The molecule has 0 saturated carbocycles. The van der Waals surface area contributed by atoms with E-state index in [2.05, 4.69) is 29.2 Å². The van der Waals surface area contributed by atoms with Crippen molar-refractivity contribution in [2.45, 2.75) is 13.2 Å². The van der Waals surface area contributed by atoms with Crippen LogP contribution in [-0.2, 0) is 13.2 Å². The van der Waals surface area contributed by atoms with Crippen molar-refractivity contribution in [1.82, 2.24) is 14.8 Å². The summed E-state index contributed by atoms with van der Waals surface area (Å²) in [4.78, 5) is 4.46. The number of para-hydroxylation sites is 1. The Labute approximate surface area is 137 Å². The molecule has 0 atom stereocenters. The Kier molecular flexibility index (Phi) is 3.65. The zero-order valence-electron chi connectivity index (χ0n) is 12.4. The molecule has 0 unspecified atom stereocenters. The van der Waals surface area contributed by atoms with Gasteiger partial charge in [0.25, 0.3) is 0 Å². The van der Waals surface area contributed by atoms with Gasteiger partial charge < -0.3 is 5.11 Å². The van der Waals surface area contributed by atoms with E-state index in [1.54, 1.807) is 0 Å². The van der Waals surface area contributed by atoms with Crippen molar-refractivity contribution in [3.8, 4) is 10.7 Å². The standard InChI is InChI=1S/C18H15N3OS/c22-11-14-12-23-18(19-14)17-15-8-4-5-9-16(15)21(20-17)10-13-6-2-1-3-7-13/h1-9,12,22H,10-11H2. The molecule has 1 N–H and O–H groups in total. The molecule has 0 fully saturated rings. The van der Waals surface area contributed by atoms with Crippen LogP contribution in [0.15, 0.2) is 60.0 Å². The van der Waals surface area contributed by atoms with Crippen molar-refractivity contribution >= 4 is 22.2 Å². The molecule has 0 aliphatic carbocycles. The number of aromatic nitrogens is 3. The van der Waals surface area contributed by atoms with Gasteiger partial charge in [0, 0.05) is 10.8 Å². The molecule has 0 bridgehead atoms. The molecule has 5 heteroatoms. The van der Waals surface area contributed by atoms with Gasteiger partial charge in [-0.25, -0.2) is 4.98 Å². The van der Waals surface area contributed by atoms with Gasteiger partial charge in [-0.3, -0.25) is 4.68 Å². The summed E-state index contributed by atoms with van der Waals surface area (Å²) in [6, 6.07) is 18.5. The minimum absolute atomic E-state index is 0.0425. The summed E-state index contributed by atoms with van der Waals surface area (Å²) in [5.41, 5.74) is 3.86. The Bertz CT molecular complexity index is 943. The van der Waals surface area contributed by atoms with Gasteiger partial charge in [0.1, 0.15) is 10.7 Å². The van der Waals surface area contributed by atoms with Crippen LogP contribution < -0.4 is 0 Å². The number of aliphatic hydroxyl groups is 1. The topological polar surface area (TPSA) is 50.9 Å². The number of benzene rings is 2. The summed E-state index contributed by atoms with van der Waals surface area (Å²) in [5.74, 6) is 0. The largest absolute Gasteiger partial charge is 0.390 e. The maximum absolute atomic E-state index is 9.23. The average Bonchev–Trinajstić information content (AvgIpc) is 3.21. The molecule has 4 rings (SSSR count). The van der Waals surface area contributed by atoms with Gasteiger partial charge in [-0.1, -0.05) is 48.5 Å². The summed E-state index contributed by atoms with van der Waals surface area (Å²) in [6.45, 7) is 0.679. The van der Waals surface area contributed by atoms with E-state index < -0.39 is 0 Å². The lowest BCUT2D eigenvalue weighted by atomic mass is 10.2. The van der Waals surface area contributed by atoms with Gasteiger partial charge in [-0.05, 0) is 11.6 Å². The Morgan fingerprint density at radius 1 is 1.00 bits per heavy atom. The molecule has 0 spiro atoms. The zero-order chi connectivity index (χ0) is 15.6. The molecule has 0 saturated heterocycles. The van der Waals surface area contributed by atoms with Crippen LogP contribution in [0.25, 0.3) is 21.6 Å². The van der Waals surface area contributed by atoms with Crippen LogP contribution in [0.4, 0.5) is 0 Å². The van der Waals surface area contributed by atoms with E-state index in [0.717, 1.165) is 28.1 Å². The van der Waals surface area contributed by atoms with Crippen molar-refractivity contribution in [2.24, 2.45) is 0 Å². The number of thiazole rings is 1. The van der Waals surface area contributed by atoms with Crippen LogP contribution in [0.2, 0.25) is 0 Å². The number of rotatable bonds is 4. The molecule has 2 aromatic heterocycles. The van der Waals surface area contributed by atoms with Crippen LogP contribution in [0.1, 0.15) is 11.3 Å². The lowest BCUT2D eigenvalue weighted by Gasteiger charge is -2.03. The zero-order valence-corrected chi connectivity index (χ0v) is 13.2. The third-order valence-corrected chi connectivity index (χ3v) is 4.65. The molecular formula is C18H15N3OS. The Morgan fingerprint density at radius 2 is 1.78 bits per heavy atom. The van der Waals surface area contributed by atoms with Crippen LogP contribution in [0, 0.1) is 0 Å². The highest BCUT2D eigenvalue weighted by Gasteiger charge is 2.15. The molecular weight excluding hydrogens is 306 g/mol. The molecule has 4 nitrogen and oxygen atoms in total. The second kappa shape index (κ2) is 5.95. The first-order chi connectivity index (χ1) is 11.3. The maximum atomic E-state index is 9.23. The highest BCUT2D eigenvalue weighted by Crippen LogP contribution is 2.30. The number of fused-ring (bicyclic) bond motifs is 1. The van der Waals surface area contributed by atoms with Crippen molar-refractivity contribution in [1.29, 1.82) is 0 Å². The van der Waals surface area contributed by atoms with Gasteiger partial charge in [-0.2, -0.15) is 5.10 Å². The van der Waals surface area contributed by atoms with Crippen LogP contribution in [0.5, 0.6) is 0 Å². The summed E-state index contributed by atoms with van der Waals surface area (Å²) in [7, 11) is 0. The third-order valence-electron chi connectivity index (χ3n) is 3.75. The van der Waals surface area contributed by atoms with Gasteiger partial charge in [0.2, 0.25) is 0 Å². The second-order valence-electron chi connectivity index (χ2n) is 5.31. The van der Waals surface area contributed by atoms with Crippen molar-refractivity contribution in [2.75, 3.05) is 0 Å². The predicted octanol–water partition coefficient (Wildman–Crippen LogP) is 3.70. The lowest BCUT2D eigenvalue weighted by molar-refractivity contribution is 0.278. The average molecular weight is 321 g/mol. The minimum Gasteiger partial charge on any atom is -0.390 e. The first-order valence-corrected chi connectivity index (χ1v) is 8.28. The monoisotopic (exact) mass is 321 g/mol. The molecule has 0 radical (unpaired) electrons.